The molecule has 0 radical (unpaired) electrons. The standard InChI is InChI=1S/C23H34N2O2/c1-4-21-11-12-23(27-21)18-24(2)16-20-6-5-14-25(17-20)15-13-19-7-9-22(26-3)10-8-19/h7-12,20H,4-6,13-18H2,1-3H3/t20-/m0/s1. The molecule has 27 heavy (non-hydrogen) atoms. The number of rotatable bonds is 9. The van der Waals surface area contributed by atoms with Crippen LogP contribution in [0.15, 0.2) is 40.8 Å². The van der Waals surface area contributed by atoms with Crippen LogP contribution in [0.25, 0.3) is 0 Å². The first-order valence-electron chi connectivity index (χ1n) is 10.3. The summed E-state index contributed by atoms with van der Waals surface area (Å²) in [6, 6.07) is 12.7. The zero-order valence-corrected chi connectivity index (χ0v) is 17.1. The molecule has 1 atom stereocenters. The Balaban J connectivity index is 1.42. The highest BCUT2D eigenvalue weighted by molar-refractivity contribution is 5.27. The molecule has 0 amide bonds. The van der Waals surface area contributed by atoms with Crippen molar-refractivity contribution in [1.29, 1.82) is 0 Å². The second-order valence-corrected chi connectivity index (χ2v) is 7.83. The van der Waals surface area contributed by atoms with E-state index in [4.69, 9.17) is 9.15 Å². The van der Waals surface area contributed by atoms with E-state index >= 15 is 0 Å². The first kappa shape index (κ1) is 20.0. The van der Waals surface area contributed by atoms with Gasteiger partial charge in [0.25, 0.3) is 0 Å². The van der Waals surface area contributed by atoms with Crippen molar-refractivity contribution in [2.24, 2.45) is 5.92 Å². The molecule has 0 aliphatic carbocycles. The molecule has 0 unspecified atom stereocenters. The van der Waals surface area contributed by atoms with Gasteiger partial charge in [-0.05, 0) is 68.6 Å². The summed E-state index contributed by atoms with van der Waals surface area (Å²) in [6.45, 7) is 7.76. The highest BCUT2D eigenvalue weighted by atomic mass is 16.5. The Hall–Kier alpha value is -1.78. The molecular weight excluding hydrogens is 336 g/mol. The van der Waals surface area contributed by atoms with Crippen LogP contribution < -0.4 is 4.74 Å². The van der Waals surface area contributed by atoms with E-state index in [9.17, 15) is 0 Å². The van der Waals surface area contributed by atoms with Crippen LogP contribution in [0.4, 0.5) is 0 Å². The van der Waals surface area contributed by atoms with Gasteiger partial charge in [-0.15, -0.1) is 0 Å². The van der Waals surface area contributed by atoms with Crippen molar-refractivity contribution in [3.8, 4) is 5.75 Å². The molecule has 0 bridgehead atoms. The molecule has 1 aliphatic heterocycles. The number of likely N-dealkylation sites (tertiary alicyclic amines) is 1. The number of hydrogen-bond donors (Lipinski definition) is 0. The smallest absolute Gasteiger partial charge is 0.118 e. The van der Waals surface area contributed by atoms with Gasteiger partial charge in [-0.1, -0.05) is 19.1 Å². The second kappa shape index (κ2) is 9.95. The van der Waals surface area contributed by atoms with Gasteiger partial charge in [0.05, 0.1) is 13.7 Å². The molecule has 0 spiro atoms. The highest BCUT2D eigenvalue weighted by Gasteiger charge is 2.21. The molecule has 0 saturated carbocycles. The Kier molecular flexibility index (Phi) is 7.36. The summed E-state index contributed by atoms with van der Waals surface area (Å²) in [5.41, 5.74) is 1.39. The summed E-state index contributed by atoms with van der Waals surface area (Å²) in [7, 11) is 3.93. The zero-order chi connectivity index (χ0) is 19.1. The molecule has 3 rings (SSSR count). The van der Waals surface area contributed by atoms with Crippen LogP contribution in [-0.4, -0.2) is 50.1 Å². The average molecular weight is 371 g/mol. The number of aryl methyl sites for hydroxylation is 1. The van der Waals surface area contributed by atoms with E-state index in [1.807, 2.05) is 0 Å². The zero-order valence-electron chi connectivity index (χ0n) is 17.1. The summed E-state index contributed by atoms with van der Waals surface area (Å²) in [5, 5.41) is 0. The molecule has 1 aliphatic rings. The van der Waals surface area contributed by atoms with Crippen LogP contribution in [-0.2, 0) is 19.4 Å². The molecule has 4 heteroatoms. The van der Waals surface area contributed by atoms with Gasteiger partial charge in [-0.2, -0.15) is 0 Å². The second-order valence-electron chi connectivity index (χ2n) is 7.83. The van der Waals surface area contributed by atoms with Crippen molar-refractivity contribution < 1.29 is 9.15 Å². The lowest BCUT2D eigenvalue weighted by Gasteiger charge is -2.34. The van der Waals surface area contributed by atoms with Crippen molar-refractivity contribution in [3.05, 3.63) is 53.5 Å². The number of ether oxygens (including phenoxy) is 1. The Morgan fingerprint density at radius 2 is 1.93 bits per heavy atom. The van der Waals surface area contributed by atoms with Gasteiger partial charge in [0.2, 0.25) is 0 Å². The SMILES string of the molecule is CCc1ccc(CN(C)C[C@@H]2CCCN(CCc3ccc(OC)cc3)C2)o1. The van der Waals surface area contributed by atoms with Gasteiger partial charge in [0, 0.05) is 26.1 Å². The molecule has 148 valence electrons. The van der Waals surface area contributed by atoms with E-state index in [0.29, 0.717) is 0 Å². The van der Waals surface area contributed by atoms with E-state index in [1.54, 1.807) is 7.11 Å². The normalized spacial score (nSPS) is 18.1. The highest BCUT2D eigenvalue weighted by Crippen LogP contribution is 2.20. The molecule has 4 nitrogen and oxygen atoms in total. The minimum atomic E-state index is 0.750. The fraction of sp³-hybridized carbons (Fsp3) is 0.565. The minimum Gasteiger partial charge on any atom is -0.497 e. The predicted octanol–water partition coefficient (Wildman–Crippen LogP) is 4.24. The molecule has 1 aromatic carbocycles. The lowest BCUT2D eigenvalue weighted by molar-refractivity contribution is 0.139. The average Bonchev–Trinajstić information content (AvgIpc) is 3.14. The number of benzene rings is 1. The number of piperidine rings is 1. The monoisotopic (exact) mass is 370 g/mol. The summed E-state index contributed by atoms with van der Waals surface area (Å²) >= 11 is 0. The molecule has 2 heterocycles. The Morgan fingerprint density at radius 1 is 1.15 bits per heavy atom. The predicted molar refractivity (Wildman–Crippen MR) is 110 cm³/mol. The van der Waals surface area contributed by atoms with Crippen LogP contribution in [0.3, 0.4) is 0 Å². The van der Waals surface area contributed by atoms with Crippen molar-refractivity contribution >= 4 is 0 Å². The molecule has 1 aromatic heterocycles. The largest absolute Gasteiger partial charge is 0.497 e. The first-order chi connectivity index (χ1) is 13.2. The van der Waals surface area contributed by atoms with Crippen LogP contribution in [0, 0.1) is 5.92 Å². The van der Waals surface area contributed by atoms with E-state index < -0.39 is 0 Å². The summed E-state index contributed by atoms with van der Waals surface area (Å²) < 4.78 is 11.1. The summed E-state index contributed by atoms with van der Waals surface area (Å²) in [5.74, 6) is 3.85. The van der Waals surface area contributed by atoms with Gasteiger partial charge in [-0.25, -0.2) is 0 Å². The summed E-state index contributed by atoms with van der Waals surface area (Å²) in [4.78, 5) is 5.05. The molecule has 0 N–H and O–H groups in total. The third-order valence-electron chi connectivity index (χ3n) is 5.54. The Morgan fingerprint density at radius 3 is 2.63 bits per heavy atom. The minimum absolute atomic E-state index is 0.750. The third kappa shape index (κ3) is 6.12. The van der Waals surface area contributed by atoms with Gasteiger partial charge in [0.15, 0.2) is 0 Å². The lowest BCUT2D eigenvalue weighted by atomic mass is 9.97. The number of hydrogen-bond acceptors (Lipinski definition) is 4. The van der Waals surface area contributed by atoms with E-state index in [2.05, 4.69) is 60.2 Å². The van der Waals surface area contributed by atoms with Crippen LogP contribution in [0.2, 0.25) is 0 Å². The molecule has 2 aromatic rings. The van der Waals surface area contributed by atoms with Crippen molar-refractivity contribution in [2.75, 3.05) is 40.3 Å². The van der Waals surface area contributed by atoms with Crippen molar-refractivity contribution in [2.45, 2.75) is 39.2 Å². The van der Waals surface area contributed by atoms with Gasteiger partial charge < -0.3 is 14.1 Å². The number of methoxy groups -OCH3 is 1. The van der Waals surface area contributed by atoms with E-state index in [0.717, 1.165) is 55.7 Å². The number of nitrogens with zero attached hydrogens (tertiary/aromatic N) is 2. The van der Waals surface area contributed by atoms with Crippen LogP contribution in [0.1, 0.15) is 36.8 Å². The first-order valence-corrected chi connectivity index (χ1v) is 10.3. The number of furan rings is 1. The quantitative estimate of drug-likeness (QED) is 0.660. The van der Waals surface area contributed by atoms with Gasteiger partial charge >= 0.3 is 0 Å². The van der Waals surface area contributed by atoms with E-state index in [1.165, 1.54) is 31.5 Å². The fourth-order valence-corrected chi connectivity index (χ4v) is 4.05. The summed E-state index contributed by atoms with van der Waals surface area (Å²) in [6.07, 6.45) is 4.72. The van der Waals surface area contributed by atoms with Crippen molar-refractivity contribution in [3.63, 3.8) is 0 Å². The van der Waals surface area contributed by atoms with E-state index in [-0.39, 0.29) is 0 Å². The van der Waals surface area contributed by atoms with Gasteiger partial charge in [0.1, 0.15) is 17.3 Å². The maximum absolute atomic E-state index is 5.86. The topological polar surface area (TPSA) is 28.9 Å². The molecule has 1 saturated heterocycles. The van der Waals surface area contributed by atoms with Crippen LogP contribution >= 0.6 is 0 Å². The molecular formula is C23H34N2O2. The fourth-order valence-electron chi connectivity index (χ4n) is 4.05. The van der Waals surface area contributed by atoms with Gasteiger partial charge in [-0.3, -0.25) is 4.90 Å². The maximum Gasteiger partial charge on any atom is 0.118 e. The van der Waals surface area contributed by atoms with Crippen LogP contribution in [0.5, 0.6) is 5.75 Å². The Labute approximate surface area is 164 Å². The third-order valence-corrected chi connectivity index (χ3v) is 5.54. The van der Waals surface area contributed by atoms with Crippen molar-refractivity contribution in [1.82, 2.24) is 9.80 Å². The molecule has 1 fully saturated rings. The Bertz CT molecular complexity index is 680. The maximum atomic E-state index is 5.86. The lowest BCUT2D eigenvalue weighted by Crippen LogP contribution is -2.40.